The van der Waals surface area contributed by atoms with Crippen LogP contribution in [0.3, 0.4) is 0 Å². The van der Waals surface area contributed by atoms with E-state index in [1.165, 1.54) is 0 Å². The largest absolute Gasteiger partial charge is 0.305 e. The monoisotopic (exact) mass is 130 g/mol. The molecule has 0 saturated heterocycles. The highest BCUT2D eigenvalue weighted by Crippen LogP contribution is 1.68. The van der Waals surface area contributed by atoms with Crippen molar-refractivity contribution in [2.24, 2.45) is 0 Å². The molecule has 0 saturated carbocycles. The Morgan fingerprint density at radius 3 is 2.78 bits per heavy atom. The normalized spacial score (nSPS) is 13.1. The predicted octanol–water partition coefficient (Wildman–Crippen LogP) is -0.270. The van der Waals surface area contributed by atoms with Crippen molar-refractivity contribution in [3.8, 4) is 0 Å². The average Bonchev–Trinajstić information content (AvgIpc) is 1.89. The van der Waals surface area contributed by atoms with Crippen LogP contribution in [0.25, 0.3) is 0 Å². The van der Waals surface area contributed by atoms with E-state index in [0.717, 1.165) is 12.8 Å². The lowest BCUT2D eigenvalue weighted by molar-refractivity contribution is -0.109. The van der Waals surface area contributed by atoms with Gasteiger partial charge in [-0.25, -0.2) is 0 Å². The maximum absolute atomic E-state index is 10.0. The van der Waals surface area contributed by atoms with Gasteiger partial charge in [0.05, 0.1) is 6.04 Å². The molecular weight excluding hydrogens is 116 g/mol. The number of carbonyl (C=O) groups is 1. The van der Waals surface area contributed by atoms with Gasteiger partial charge in [-0.1, -0.05) is 6.92 Å². The first-order valence-electron chi connectivity index (χ1n) is 3.20. The molecule has 0 rings (SSSR count). The third-order valence-electron chi connectivity index (χ3n) is 1.00. The highest BCUT2D eigenvalue weighted by molar-refractivity contribution is 5.56. The molecular formula is C6H14N2O. The van der Waals surface area contributed by atoms with Crippen molar-refractivity contribution in [1.82, 2.24) is 10.6 Å². The second kappa shape index (κ2) is 5.72. The third kappa shape index (κ3) is 5.46. The lowest BCUT2D eigenvalue weighted by Gasteiger charge is -2.05. The van der Waals surface area contributed by atoms with Crippen LogP contribution in [-0.2, 0) is 4.79 Å². The minimum atomic E-state index is -0.0379. The van der Waals surface area contributed by atoms with Crippen LogP contribution < -0.4 is 10.6 Å². The summed E-state index contributed by atoms with van der Waals surface area (Å²) in [5, 5.41) is 6.00. The summed E-state index contributed by atoms with van der Waals surface area (Å²) in [6, 6.07) is -0.0379. The smallest absolute Gasteiger partial charge is 0.136 e. The number of carbonyl (C=O) groups excluding carboxylic acids is 1. The molecule has 0 aromatic rings. The van der Waals surface area contributed by atoms with Crippen molar-refractivity contribution >= 4 is 6.29 Å². The molecule has 0 aliphatic carbocycles. The summed E-state index contributed by atoms with van der Waals surface area (Å²) in [5.41, 5.74) is 0. The molecule has 3 nitrogen and oxygen atoms in total. The van der Waals surface area contributed by atoms with Gasteiger partial charge in [-0.2, -0.15) is 0 Å². The fraction of sp³-hybridized carbons (Fsp3) is 0.833. The van der Waals surface area contributed by atoms with Crippen molar-refractivity contribution in [2.75, 3.05) is 13.2 Å². The Labute approximate surface area is 55.8 Å². The van der Waals surface area contributed by atoms with E-state index in [1.807, 2.05) is 13.8 Å². The molecule has 0 amide bonds. The van der Waals surface area contributed by atoms with Crippen molar-refractivity contribution in [3.05, 3.63) is 0 Å². The number of rotatable bonds is 5. The molecule has 3 heteroatoms. The summed E-state index contributed by atoms with van der Waals surface area (Å²) < 4.78 is 0. The van der Waals surface area contributed by atoms with E-state index in [-0.39, 0.29) is 6.04 Å². The van der Waals surface area contributed by atoms with Gasteiger partial charge < -0.3 is 10.1 Å². The Morgan fingerprint density at radius 2 is 2.33 bits per heavy atom. The molecule has 0 aliphatic heterocycles. The minimum Gasteiger partial charge on any atom is -0.305 e. The van der Waals surface area contributed by atoms with E-state index >= 15 is 0 Å². The van der Waals surface area contributed by atoms with Crippen LogP contribution in [0.1, 0.15) is 13.8 Å². The Bertz CT molecular complexity index is 75.5. The summed E-state index contributed by atoms with van der Waals surface area (Å²) in [6.07, 6.45) is 0.886. The van der Waals surface area contributed by atoms with Crippen molar-refractivity contribution < 1.29 is 4.79 Å². The third-order valence-corrected chi connectivity index (χ3v) is 1.00. The number of aldehydes is 1. The maximum atomic E-state index is 10.0. The molecule has 0 aromatic heterocycles. The van der Waals surface area contributed by atoms with Crippen molar-refractivity contribution in [2.45, 2.75) is 19.9 Å². The fourth-order valence-electron chi connectivity index (χ4n) is 0.406. The van der Waals surface area contributed by atoms with Crippen LogP contribution in [0.15, 0.2) is 0 Å². The first-order chi connectivity index (χ1) is 4.31. The summed E-state index contributed by atoms with van der Waals surface area (Å²) >= 11 is 0. The summed E-state index contributed by atoms with van der Waals surface area (Å²) in [4.78, 5) is 10.0. The van der Waals surface area contributed by atoms with E-state index in [0.29, 0.717) is 6.67 Å². The molecule has 0 bridgehead atoms. The Kier molecular flexibility index (Phi) is 5.46. The summed E-state index contributed by atoms with van der Waals surface area (Å²) in [5.74, 6) is 0. The molecule has 0 spiro atoms. The molecule has 9 heavy (non-hydrogen) atoms. The zero-order valence-electron chi connectivity index (χ0n) is 5.98. The molecule has 0 radical (unpaired) electrons. The zero-order valence-corrected chi connectivity index (χ0v) is 5.98. The standard InChI is InChI=1S/C6H14N2O/c1-3-7-5-8-6(2)4-9/h4,6-8H,3,5H2,1-2H3. The number of hydrogen-bond donors (Lipinski definition) is 2. The van der Waals surface area contributed by atoms with Gasteiger partial charge in [0, 0.05) is 6.67 Å². The number of nitrogens with one attached hydrogen (secondary N) is 2. The first kappa shape index (κ1) is 8.59. The van der Waals surface area contributed by atoms with E-state index in [1.54, 1.807) is 0 Å². The van der Waals surface area contributed by atoms with Crippen LogP contribution in [0.2, 0.25) is 0 Å². The Hall–Kier alpha value is -0.410. The Morgan fingerprint density at radius 1 is 1.67 bits per heavy atom. The second-order valence-electron chi connectivity index (χ2n) is 1.91. The lowest BCUT2D eigenvalue weighted by atomic mass is 10.4. The van der Waals surface area contributed by atoms with Crippen LogP contribution in [0.4, 0.5) is 0 Å². The molecule has 1 atom stereocenters. The summed E-state index contributed by atoms with van der Waals surface area (Å²) in [6.45, 7) is 5.48. The second-order valence-corrected chi connectivity index (χ2v) is 1.91. The highest BCUT2D eigenvalue weighted by atomic mass is 16.1. The van der Waals surface area contributed by atoms with Gasteiger partial charge in [0.25, 0.3) is 0 Å². The molecule has 2 N–H and O–H groups in total. The van der Waals surface area contributed by atoms with Crippen LogP contribution in [0, 0.1) is 0 Å². The molecule has 0 heterocycles. The molecule has 0 aliphatic rings. The first-order valence-corrected chi connectivity index (χ1v) is 3.20. The van der Waals surface area contributed by atoms with E-state index < -0.39 is 0 Å². The van der Waals surface area contributed by atoms with Gasteiger partial charge in [0.1, 0.15) is 6.29 Å². The van der Waals surface area contributed by atoms with E-state index in [4.69, 9.17) is 0 Å². The van der Waals surface area contributed by atoms with E-state index in [2.05, 4.69) is 10.6 Å². The van der Waals surface area contributed by atoms with Crippen LogP contribution in [0.5, 0.6) is 0 Å². The molecule has 0 fully saturated rings. The molecule has 1 unspecified atom stereocenters. The van der Waals surface area contributed by atoms with Gasteiger partial charge in [0.15, 0.2) is 0 Å². The molecule has 0 aromatic carbocycles. The lowest BCUT2D eigenvalue weighted by Crippen LogP contribution is -2.35. The van der Waals surface area contributed by atoms with Gasteiger partial charge in [-0.15, -0.1) is 0 Å². The highest BCUT2D eigenvalue weighted by Gasteiger charge is 1.93. The Balaban J connectivity index is 2.96. The maximum Gasteiger partial charge on any atom is 0.136 e. The van der Waals surface area contributed by atoms with Crippen molar-refractivity contribution in [3.63, 3.8) is 0 Å². The fourth-order valence-corrected chi connectivity index (χ4v) is 0.406. The summed E-state index contributed by atoms with van der Waals surface area (Å²) in [7, 11) is 0. The van der Waals surface area contributed by atoms with Gasteiger partial charge >= 0.3 is 0 Å². The molecule has 54 valence electrons. The SMILES string of the molecule is CCNCNC(C)C=O. The number of hydrogen-bond acceptors (Lipinski definition) is 3. The zero-order chi connectivity index (χ0) is 7.11. The van der Waals surface area contributed by atoms with Gasteiger partial charge in [-0.3, -0.25) is 5.32 Å². The van der Waals surface area contributed by atoms with Crippen LogP contribution in [-0.4, -0.2) is 25.5 Å². The van der Waals surface area contributed by atoms with Crippen LogP contribution >= 0.6 is 0 Å². The van der Waals surface area contributed by atoms with Gasteiger partial charge in [0.2, 0.25) is 0 Å². The quantitative estimate of drug-likeness (QED) is 0.306. The minimum absolute atomic E-state index is 0.0379. The average molecular weight is 130 g/mol. The topological polar surface area (TPSA) is 41.1 Å². The van der Waals surface area contributed by atoms with E-state index in [9.17, 15) is 4.79 Å². The van der Waals surface area contributed by atoms with Gasteiger partial charge in [-0.05, 0) is 13.5 Å². The van der Waals surface area contributed by atoms with Crippen molar-refractivity contribution in [1.29, 1.82) is 0 Å². The predicted molar refractivity (Wildman–Crippen MR) is 37.2 cm³/mol.